The van der Waals surface area contributed by atoms with Crippen molar-refractivity contribution < 1.29 is 9.53 Å². The topological polar surface area (TPSA) is 54.5 Å². The van der Waals surface area contributed by atoms with Crippen LogP contribution in [0.1, 0.15) is 15.9 Å². The average Bonchev–Trinajstić information content (AvgIpc) is 3.07. The maximum atomic E-state index is 12.4. The second-order valence-corrected chi connectivity index (χ2v) is 6.13. The molecule has 7 heteroatoms. The van der Waals surface area contributed by atoms with E-state index in [4.69, 9.17) is 16.3 Å². The summed E-state index contributed by atoms with van der Waals surface area (Å²) in [7, 11) is 0. The molecule has 3 heterocycles. The lowest BCUT2D eigenvalue weighted by molar-refractivity contribution is 0.0302. The highest BCUT2D eigenvalue weighted by atomic mass is 35.5. The number of nitrogens with one attached hydrogen (secondary N) is 1. The van der Waals surface area contributed by atoms with Gasteiger partial charge in [0.25, 0.3) is 5.91 Å². The minimum absolute atomic E-state index is 0.0536. The number of carbonyl (C=O) groups excluding carboxylic acids is 1. The molecule has 0 aromatic carbocycles. The number of nitrogens with zero attached hydrogens (tertiary/aromatic N) is 2. The van der Waals surface area contributed by atoms with Gasteiger partial charge < -0.3 is 15.0 Å². The number of hydrogen-bond acceptors (Lipinski definition) is 5. The summed E-state index contributed by atoms with van der Waals surface area (Å²) in [5.41, 5.74) is 1.68. The first kappa shape index (κ1) is 15.3. The highest BCUT2D eigenvalue weighted by molar-refractivity contribution is 7.07. The molecule has 0 aliphatic carbocycles. The van der Waals surface area contributed by atoms with Gasteiger partial charge in [0, 0.05) is 25.8 Å². The van der Waals surface area contributed by atoms with E-state index in [1.165, 1.54) is 5.56 Å². The summed E-state index contributed by atoms with van der Waals surface area (Å²) in [5.74, 6) is 0.536. The van der Waals surface area contributed by atoms with E-state index in [1.807, 2.05) is 11.4 Å². The lowest BCUT2D eigenvalue weighted by Crippen LogP contribution is -2.40. The Morgan fingerprint density at radius 3 is 2.95 bits per heavy atom. The van der Waals surface area contributed by atoms with Gasteiger partial charge in [-0.3, -0.25) is 4.79 Å². The Labute approximate surface area is 137 Å². The molecular weight excluding hydrogens is 322 g/mol. The van der Waals surface area contributed by atoms with Crippen LogP contribution in [-0.4, -0.2) is 42.1 Å². The molecule has 0 radical (unpaired) electrons. The van der Waals surface area contributed by atoms with Gasteiger partial charge in [-0.05, 0) is 28.5 Å². The molecule has 2 aromatic heterocycles. The number of carbonyl (C=O) groups is 1. The van der Waals surface area contributed by atoms with Gasteiger partial charge in [-0.1, -0.05) is 11.6 Å². The number of ether oxygens (including phenoxy) is 1. The van der Waals surface area contributed by atoms with Crippen LogP contribution >= 0.6 is 22.9 Å². The second kappa shape index (κ2) is 7.09. The minimum atomic E-state index is -0.0536. The molecule has 1 fully saturated rings. The van der Waals surface area contributed by atoms with Gasteiger partial charge in [-0.15, -0.1) is 0 Å². The molecule has 116 valence electrons. The van der Waals surface area contributed by atoms with Crippen molar-refractivity contribution >= 4 is 34.7 Å². The largest absolute Gasteiger partial charge is 0.378 e. The van der Waals surface area contributed by atoms with Crippen molar-refractivity contribution in [2.24, 2.45) is 0 Å². The summed E-state index contributed by atoms with van der Waals surface area (Å²) in [5, 5.41) is 7.72. The van der Waals surface area contributed by atoms with Crippen molar-refractivity contribution in [2.45, 2.75) is 6.54 Å². The number of rotatable bonds is 4. The number of anilines is 1. The molecule has 0 spiro atoms. The van der Waals surface area contributed by atoms with Crippen molar-refractivity contribution in [3.63, 3.8) is 0 Å². The maximum absolute atomic E-state index is 12.4. The number of morpholine rings is 1. The molecule has 0 bridgehead atoms. The van der Waals surface area contributed by atoms with Crippen LogP contribution in [0, 0.1) is 0 Å². The fraction of sp³-hybridized carbons (Fsp3) is 0.333. The number of hydrogen-bond donors (Lipinski definition) is 1. The number of pyridine rings is 1. The number of halogens is 1. The van der Waals surface area contributed by atoms with Crippen molar-refractivity contribution in [2.75, 3.05) is 31.6 Å². The highest BCUT2D eigenvalue weighted by Gasteiger charge is 2.19. The van der Waals surface area contributed by atoms with Crippen LogP contribution in [0.5, 0.6) is 0 Å². The zero-order valence-corrected chi connectivity index (χ0v) is 13.5. The fourth-order valence-electron chi connectivity index (χ4n) is 2.21. The molecule has 3 rings (SSSR count). The molecule has 1 amide bonds. The van der Waals surface area contributed by atoms with E-state index >= 15 is 0 Å². The van der Waals surface area contributed by atoms with Gasteiger partial charge in [0.05, 0.1) is 23.8 Å². The molecule has 2 aromatic rings. The predicted octanol–water partition coefficient (Wildman–Crippen LogP) is 2.88. The molecule has 1 aliphatic rings. The van der Waals surface area contributed by atoms with Crippen molar-refractivity contribution in [3.8, 4) is 0 Å². The van der Waals surface area contributed by atoms with Crippen molar-refractivity contribution in [3.05, 3.63) is 45.2 Å². The third-order valence-corrected chi connectivity index (χ3v) is 4.45. The number of amides is 1. The van der Waals surface area contributed by atoms with E-state index < -0.39 is 0 Å². The Hall–Kier alpha value is -1.63. The standard InChI is InChI=1S/C15H16ClN3O2S/c16-13-7-12(15(20)19-2-4-21-5-3-19)9-18-14(13)17-8-11-1-6-22-10-11/h1,6-7,9-10H,2-5,8H2,(H,17,18). The Morgan fingerprint density at radius 1 is 1.45 bits per heavy atom. The highest BCUT2D eigenvalue weighted by Crippen LogP contribution is 2.22. The second-order valence-electron chi connectivity index (χ2n) is 4.94. The van der Waals surface area contributed by atoms with Crippen LogP contribution < -0.4 is 5.32 Å². The summed E-state index contributed by atoms with van der Waals surface area (Å²) < 4.78 is 5.25. The zero-order valence-electron chi connectivity index (χ0n) is 11.9. The van der Waals surface area contributed by atoms with Crippen LogP contribution in [0.25, 0.3) is 0 Å². The summed E-state index contributed by atoms with van der Waals surface area (Å²) >= 11 is 7.88. The summed E-state index contributed by atoms with van der Waals surface area (Å²) in [6, 6.07) is 3.71. The smallest absolute Gasteiger partial charge is 0.255 e. The number of aromatic nitrogens is 1. The first-order valence-electron chi connectivity index (χ1n) is 7.01. The molecular formula is C15H16ClN3O2S. The van der Waals surface area contributed by atoms with E-state index in [0.717, 1.165) is 0 Å². The molecule has 5 nitrogen and oxygen atoms in total. The lowest BCUT2D eigenvalue weighted by atomic mass is 10.2. The van der Waals surface area contributed by atoms with E-state index in [-0.39, 0.29) is 5.91 Å². The van der Waals surface area contributed by atoms with Crippen LogP contribution in [0.2, 0.25) is 5.02 Å². The van der Waals surface area contributed by atoms with Gasteiger partial charge in [0.2, 0.25) is 0 Å². The van der Waals surface area contributed by atoms with Gasteiger partial charge in [-0.2, -0.15) is 11.3 Å². The Bertz CT molecular complexity index is 642. The van der Waals surface area contributed by atoms with Gasteiger partial charge in [0.15, 0.2) is 0 Å². The summed E-state index contributed by atoms with van der Waals surface area (Å²) in [4.78, 5) is 18.4. The maximum Gasteiger partial charge on any atom is 0.255 e. The van der Waals surface area contributed by atoms with Crippen LogP contribution in [-0.2, 0) is 11.3 Å². The molecule has 1 saturated heterocycles. The molecule has 0 atom stereocenters. The van der Waals surface area contributed by atoms with Crippen LogP contribution in [0.3, 0.4) is 0 Å². The van der Waals surface area contributed by atoms with Crippen LogP contribution in [0.15, 0.2) is 29.1 Å². The molecule has 1 aliphatic heterocycles. The normalized spacial score (nSPS) is 14.9. The molecule has 0 unspecified atom stereocenters. The summed E-state index contributed by atoms with van der Waals surface area (Å²) in [6.45, 7) is 3.02. The summed E-state index contributed by atoms with van der Waals surface area (Å²) in [6.07, 6.45) is 1.57. The third-order valence-electron chi connectivity index (χ3n) is 3.43. The van der Waals surface area contributed by atoms with Gasteiger partial charge >= 0.3 is 0 Å². The lowest BCUT2D eigenvalue weighted by Gasteiger charge is -2.26. The zero-order chi connectivity index (χ0) is 15.4. The molecule has 22 heavy (non-hydrogen) atoms. The van der Waals surface area contributed by atoms with E-state index in [2.05, 4.69) is 15.7 Å². The quantitative estimate of drug-likeness (QED) is 0.932. The van der Waals surface area contributed by atoms with E-state index in [9.17, 15) is 4.79 Å². The van der Waals surface area contributed by atoms with E-state index in [1.54, 1.807) is 28.5 Å². The molecule has 1 N–H and O–H groups in total. The third kappa shape index (κ3) is 3.58. The Morgan fingerprint density at radius 2 is 2.27 bits per heavy atom. The van der Waals surface area contributed by atoms with Crippen LogP contribution in [0.4, 0.5) is 5.82 Å². The van der Waals surface area contributed by atoms with Gasteiger partial charge in [0.1, 0.15) is 5.82 Å². The van der Waals surface area contributed by atoms with Gasteiger partial charge in [-0.25, -0.2) is 4.98 Å². The first-order chi connectivity index (χ1) is 10.7. The monoisotopic (exact) mass is 337 g/mol. The Balaban J connectivity index is 1.67. The molecule has 0 saturated carbocycles. The number of thiophene rings is 1. The van der Waals surface area contributed by atoms with Crippen molar-refractivity contribution in [1.82, 2.24) is 9.88 Å². The predicted molar refractivity (Wildman–Crippen MR) is 87.6 cm³/mol. The van der Waals surface area contributed by atoms with E-state index in [0.29, 0.717) is 49.3 Å². The Kier molecular flexibility index (Phi) is 4.92. The average molecular weight is 338 g/mol. The minimum Gasteiger partial charge on any atom is -0.378 e. The first-order valence-corrected chi connectivity index (χ1v) is 8.33. The SMILES string of the molecule is O=C(c1cnc(NCc2ccsc2)c(Cl)c1)N1CCOCC1. The fourth-order valence-corrected chi connectivity index (χ4v) is 3.11. The van der Waals surface area contributed by atoms with Crippen molar-refractivity contribution in [1.29, 1.82) is 0 Å².